The topological polar surface area (TPSA) is 197 Å². The van der Waals surface area contributed by atoms with Crippen LogP contribution in [0.5, 0.6) is 0 Å². The molecule has 0 saturated heterocycles. The van der Waals surface area contributed by atoms with Crippen LogP contribution >= 0.6 is 11.8 Å². The zero-order valence-electron chi connectivity index (χ0n) is 20.8. The number of carbonyl (C=O) groups is 4. The fraction of sp³-hybridized carbons (Fsp3) is 0.583. The van der Waals surface area contributed by atoms with Crippen molar-refractivity contribution in [2.24, 2.45) is 11.5 Å². The highest BCUT2D eigenvalue weighted by molar-refractivity contribution is 7.98. The number of amides is 3. The van der Waals surface area contributed by atoms with Crippen LogP contribution in [0.4, 0.5) is 0 Å². The van der Waals surface area contributed by atoms with E-state index >= 15 is 0 Å². The Labute approximate surface area is 216 Å². The molecule has 5 atom stereocenters. The summed E-state index contributed by atoms with van der Waals surface area (Å²) in [6, 6.07) is 4.36. The van der Waals surface area contributed by atoms with Crippen LogP contribution < -0.4 is 27.4 Å². The van der Waals surface area contributed by atoms with Crippen LogP contribution in [0.15, 0.2) is 30.3 Å². The molecule has 0 saturated carbocycles. The quantitative estimate of drug-likeness (QED) is 0.129. The maximum Gasteiger partial charge on any atom is 0.326 e. The van der Waals surface area contributed by atoms with Gasteiger partial charge in [0.05, 0.1) is 12.1 Å². The maximum atomic E-state index is 13.0. The van der Waals surface area contributed by atoms with Gasteiger partial charge < -0.3 is 37.6 Å². The number of hydrogen-bond donors (Lipinski definition) is 7. The molecule has 9 N–H and O–H groups in total. The molecule has 1 aromatic rings. The number of aliphatic carboxylic acids is 1. The number of carbonyl (C=O) groups excluding carboxylic acids is 3. The van der Waals surface area contributed by atoms with Crippen molar-refractivity contribution in [1.82, 2.24) is 16.0 Å². The molecule has 12 heteroatoms. The number of nitrogens with one attached hydrogen (secondary N) is 3. The van der Waals surface area contributed by atoms with Crippen LogP contribution in [-0.4, -0.2) is 82.7 Å². The van der Waals surface area contributed by atoms with Crippen molar-refractivity contribution in [1.29, 1.82) is 0 Å². The lowest BCUT2D eigenvalue weighted by atomic mass is 10.0. The Bertz CT molecular complexity index is 842. The number of rotatable bonds is 17. The van der Waals surface area contributed by atoms with E-state index in [2.05, 4.69) is 16.0 Å². The first-order chi connectivity index (χ1) is 17.1. The summed E-state index contributed by atoms with van der Waals surface area (Å²) in [4.78, 5) is 50.1. The van der Waals surface area contributed by atoms with Gasteiger partial charge in [0.25, 0.3) is 0 Å². The van der Waals surface area contributed by atoms with Gasteiger partial charge in [-0.15, -0.1) is 0 Å². The Hall–Kier alpha value is -2.67. The van der Waals surface area contributed by atoms with E-state index in [1.165, 1.54) is 18.7 Å². The lowest BCUT2D eigenvalue weighted by molar-refractivity contribution is -0.142. The van der Waals surface area contributed by atoms with Crippen molar-refractivity contribution in [2.75, 3.05) is 18.6 Å². The van der Waals surface area contributed by atoms with E-state index in [1.807, 2.05) is 6.26 Å². The maximum absolute atomic E-state index is 13.0. The highest BCUT2D eigenvalue weighted by Crippen LogP contribution is 2.07. The van der Waals surface area contributed by atoms with Gasteiger partial charge in [0.15, 0.2) is 0 Å². The minimum Gasteiger partial charge on any atom is -0.480 e. The van der Waals surface area contributed by atoms with E-state index in [4.69, 9.17) is 11.5 Å². The summed E-state index contributed by atoms with van der Waals surface area (Å²) in [5, 5.41) is 27.2. The van der Waals surface area contributed by atoms with Gasteiger partial charge in [0.1, 0.15) is 18.1 Å². The van der Waals surface area contributed by atoms with Crippen molar-refractivity contribution in [3.63, 3.8) is 0 Å². The van der Waals surface area contributed by atoms with Crippen LogP contribution in [-0.2, 0) is 25.6 Å². The second-order valence-electron chi connectivity index (χ2n) is 8.55. The fourth-order valence-electron chi connectivity index (χ4n) is 3.39. The third-order valence-corrected chi connectivity index (χ3v) is 6.15. The first-order valence-corrected chi connectivity index (χ1v) is 13.3. The molecule has 3 amide bonds. The second kappa shape index (κ2) is 16.9. The predicted molar refractivity (Wildman–Crippen MR) is 139 cm³/mol. The molecule has 1 rings (SSSR count). The van der Waals surface area contributed by atoms with Gasteiger partial charge in [-0.2, -0.15) is 11.8 Å². The van der Waals surface area contributed by atoms with Crippen molar-refractivity contribution >= 4 is 35.5 Å². The summed E-state index contributed by atoms with van der Waals surface area (Å²) in [7, 11) is 0. The van der Waals surface area contributed by atoms with Crippen molar-refractivity contribution in [3.8, 4) is 0 Å². The molecule has 0 aliphatic rings. The summed E-state index contributed by atoms with van der Waals surface area (Å²) in [5.41, 5.74) is 12.1. The Balaban J connectivity index is 2.90. The number of unbranched alkanes of at least 4 members (excludes halogenated alkanes) is 1. The molecule has 0 heterocycles. The zero-order valence-corrected chi connectivity index (χ0v) is 21.6. The van der Waals surface area contributed by atoms with Crippen LogP contribution in [0.25, 0.3) is 0 Å². The first-order valence-electron chi connectivity index (χ1n) is 11.9. The molecule has 0 radical (unpaired) electrons. The predicted octanol–water partition coefficient (Wildman–Crippen LogP) is -0.642. The van der Waals surface area contributed by atoms with Crippen molar-refractivity contribution in [3.05, 3.63) is 35.9 Å². The molecule has 202 valence electrons. The van der Waals surface area contributed by atoms with Gasteiger partial charge in [-0.1, -0.05) is 36.8 Å². The molecule has 1 aromatic carbocycles. The zero-order chi connectivity index (χ0) is 27.1. The molecule has 0 aliphatic carbocycles. The molecule has 0 bridgehead atoms. The van der Waals surface area contributed by atoms with Crippen LogP contribution in [0.3, 0.4) is 0 Å². The number of thioether (sulfide) groups is 1. The summed E-state index contributed by atoms with van der Waals surface area (Å²) in [6.07, 6.45) is 2.57. The smallest absolute Gasteiger partial charge is 0.326 e. The Kier molecular flexibility index (Phi) is 14.7. The monoisotopic (exact) mass is 525 g/mol. The summed E-state index contributed by atoms with van der Waals surface area (Å²) in [5.74, 6) is -2.75. The van der Waals surface area contributed by atoms with Gasteiger partial charge in [0, 0.05) is 6.42 Å². The number of aliphatic hydroxyl groups is 1. The largest absolute Gasteiger partial charge is 0.480 e. The van der Waals surface area contributed by atoms with Gasteiger partial charge in [-0.3, -0.25) is 14.4 Å². The summed E-state index contributed by atoms with van der Waals surface area (Å²) in [6.45, 7) is 1.81. The number of nitrogens with two attached hydrogens (primary N) is 2. The lowest BCUT2D eigenvalue weighted by Crippen LogP contribution is -2.60. The third kappa shape index (κ3) is 11.4. The Morgan fingerprint density at radius 1 is 0.944 bits per heavy atom. The highest BCUT2D eigenvalue weighted by Gasteiger charge is 2.32. The van der Waals surface area contributed by atoms with Crippen LogP contribution in [0.1, 0.15) is 38.2 Å². The van der Waals surface area contributed by atoms with E-state index < -0.39 is 54.0 Å². The van der Waals surface area contributed by atoms with Gasteiger partial charge >= 0.3 is 5.97 Å². The molecule has 0 aliphatic heterocycles. The molecular weight excluding hydrogens is 486 g/mol. The van der Waals surface area contributed by atoms with E-state index in [1.54, 1.807) is 30.3 Å². The van der Waals surface area contributed by atoms with E-state index in [9.17, 15) is 29.4 Å². The van der Waals surface area contributed by atoms with Gasteiger partial charge in [0.2, 0.25) is 17.7 Å². The minimum absolute atomic E-state index is 0.0690. The lowest BCUT2D eigenvalue weighted by Gasteiger charge is -2.26. The van der Waals surface area contributed by atoms with Crippen LogP contribution in [0, 0.1) is 0 Å². The second-order valence-corrected chi connectivity index (χ2v) is 9.54. The molecular formula is C24H39N5O6S. The van der Waals surface area contributed by atoms with Gasteiger partial charge in [-0.05, 0) is 50.3 Å². The normalized spacial score (nSPS) is 15.1. The minimum atomic E-state index is -1.35. The van der Waals surface area contributed by atoms with E-state index in [-0.39, 0.29) is 12.8 Å². The average molecular weight is 526 g/mol. The number of hydrogen-bond acceptors (Lipinski definition) is 8. The van der Waals surface area contributed by atoms with Crippen LogP contribution in [0.2, 0.25) is 0 Å². The van der Waals surface area contributed by atoms with Gasteiger partial charge in [-0.25, -0.2) is 4.79 Å². The SMILES string of the molecule is CSCCC(NC(=O)C(NC(=O)C(N)CCCCN)C(C)O)C(=O)NC(Cc1ccccc1)C(=O)O. The molecule has 0 fully saturated rings. The number of benzene rings is 1. The average Bonchev–Trinajstić information content (AvgIpc) is 2.84. The Morgan fingerprint density at radius 3 is 2.14 bits per heavy atom. The summed E-state index contributed by atoms with van der Waals surface area (Å²) < 4.78 is 0. The third-order valence-electron chi connectivity index (χ3n) is 5.51. The molecule has 36 heavy (non-hydrogen) atoms. The first kappa shape index (κ1) is 31.4. The van der Waals surface area contributed by atoms with Crippen molar-refractivity contribution in [2.45, 2.75) is 69.3 Å². The van der Waals surface area contributed by atoms with Crippen molar-refractivity contribution < 1.29 is 29.4 Å². The number of aliphatic hydroxyl groups excluding tert-OH is 1. The standard InChI is InChI=1S/C24H39N5O6S/c1-15(30)20(29-21(31)17(26)10-6-7-12-25)23(33)27-18(11-13-36-2)22(32)28-19(24(34)35)14-16-8-4-3-5-9-16/h3-5,8-9,15,17-20,30H,6-7,10-14,25-26H2,1-2H3,(H,27,33)(H,28,32)(H,29,31)(H,34,35). The number of carboxylic acids is 1. The highest BCUT2D eigenvalue weighted by atomic mass is 32.2. The van der Waals surface area contributed by atoms with E-state index in [0.717, 1.165) is 5.56 Å². The fourth-order valence-corrected chi connectivity index (χ4v) is 3.86. The van der Waals surface area contributed by atoms with E-state index in [0.29, 0.717) is 31.6 Å². The molecule has 5 unspecified atom stereocenters. The molecule has 0 aromatic heterocycles. The summed E-state index contributed by atoms with van der Waals surface area (Å²) >= 11 is 1.45. The molecule has 11 nitrogen and oxygen atoms in total. The Morgan fingerprint density at radius 2 is 1.58 bits per heavy atom. The number of carboxylic acid groups (broad SMARTS) is 1. The molecule has 0 spiro atoms.